The molecule has 6 heteroatoms. The van der Waals surface area contributed by atoms with Crippen molar-refractivity contribution in [1.82, 2.24) is 0 Å². The highest BCUT2D eigenvalue weighted by Gasteiger charge is 2.21. The third-order valence-electron chi connectivity index (χ3n) is 1.96. The topological polar surface area (TPSA) is 55.8 Å². The van der Waals surface area contributed by atoms with Gasteiger partial charge in [0, 0.05) is 5.56 Å². The summed E-state index contributed by atoms with van der Waals surface area (Å²) in [5, 5.41) is 9.48. The van der Waals surface area contributed by atoms with Crippen molar-refractivity contribution in [3.05, 3.63) is 17.7 Å². The van der Waals surface area contributed by atoms with Crippen LogP contribution in [0.3, 0.4) is 0 Å². The predicted octanol–water partition coefficient (Wildman–Crippen LogP) is 1.86. The van der Waals surface area contributed by atoms with E-state index in [-0.39, 0.29) is 22.8 Å². The van der Waals surface area contributed by atoms with Gasteiger partial charge in [0.05, 0.1) is 14.2 Å². The van der Waals surface area contributed by atoms with Crippen LogP contribution in [0.5, 0.6) is 17.2 Å². The Morgan fingerprint density at radius 1 is 1.25 bits per heavy atom. The maximum Gasteiger partial charge on any atom is 0.300 e. The number of rotatable bonds is 4. The van der Waals surface area contributed by atoms with Crippen LogP contribution in [0, 0.1) is 0 Å². The van der Waals surface area contributed by atoms with E-state index in [1.165, 1.54) is 14.2 Å². The number of carbonyl (C=O) groups excluding carboxylic acids is 1. The summed E-state index contributed by atoms with van der Waals surface area (Å²) in [5.41, 5.74) is -0.276. The van der Waals surface area contributed by atoms with E-state index in [2.05, 4.69) is 0 Å². The van der Waals surface area contributed by atoms with Crippen molar-refractivity contribution < 1.29 is 28.2 Å². The van der Waals surface area contributed by atoms with Gasteiger partial charge in [-0.05, 0) is 12.1 Å². The molecule has 0 aliphatic rings. The van der Waals surface area contributed by atoms with Crippen LogP contribution in [-0.2, 0) is 0 Å². The predicted molar refractivity (Wildman–Crippen MR) is 51.5 cm³/mol. The van der Waals surface area contributed by atoms with Crippen LogP contribution in [0.25, 0.3) is 0 Å². The number of methoxy groups -OCH3 is 2. The molecular formula is C10H10F2O4. The molecule has 0 saturated carbocycles. The van der Waals surface area contributed by atoms with E-state index in [0.717, 1.165) is 12.1 Å². The van der Waals surface area contributed by atoms with E-state index in [1.807, 2.05) is 0 Å². The number of phenols is 1. The minimum Gasteiger partial charge on any atom is -0.502 e. The van der Waals surface area contributed by atoms with Gasteiger partial charge in [0.25, 0.3) is 0 Å². The van der Waals surface area contributed by atoms with E-state index in [4.69, 9.17) is 9.47 Å². The van der Waals surface area contributed by atoms with Gasteiger partial charge < -0.3 is 14.6 Å². The monoisotopic (exact) mass is 232 g/mol. The highest BCUT2D eigenvalue weighted by atomic mass is 19.3. The van der Waals surface area contributed by atoms with Crippen molar-refractivity contribution in [2.24, 2.45) is 0 Å². The first-order chi connectivity index (χ1) is 7.51. The first-order valence-electron chi connectivity index (χ1n) is 4.28. The molecule has 0 heterocycles. The maximum atomic E-state index is 12.2. The van der Waals surface area contributed by atoms with Crippen molar-refractivity contribution in [2.75, 3.05) is 14.2 Å². The zero-order valence-corrected chi connectivity index (χ0v) is 8.66. The van der Waals surface area contributed by atoms with E-state index in [0.29, 0.717) is 0 Å². The number of ether oxygens (including phenoxy) is 2. The molecular weight excluding hydrogens is 222 g/mol. The Morgan fingerprint density at radius 2 is 1.69 bits per heavy atom. The highest BCUT2D eigenvalue weighted by Crippen LogP contribution is 2.37. The summed E-state index contributed by atoms with van der Waals surface area (Å²) in [6.45, 7) is 0. The number of hydrogen-bond acceptors (Lipinski definition) is 4. The van der Waals surface area contributed by atoms with E-state index in [9.17, 15) is 18.7 Å². The van der Waals surface area contributed by atoms with Gasteiger partial charge in [-0.1, -0.05) is 0 Å². The molecule has 1 N–H and O–H groups in total. The minimum atomic E-state index is -3.11. The third kappa shape index (κ3) is 2.21. The van der Waals surface area contributed by atoms with Crippen LogP contribution < -0.4 is 9.47 Å². The van der Waals surface area contributed by atoms with Crippen molar-refractivity contribution in [2.45, 2.75) is 6.43 Å². The number of phenolic OH excluding ortho intramolecular Hbond substituents is 1. The Balaban J connectivity index is 3.27. The molecule has 1 aromatic rings. The molecule has 0 unspecified atom stereocenters. The van der Waals surface area contributed by atoms with Gasteiger partial charge in [0.1, 0.15) is 0 Å². The van der Waals surface area contributed by atoms with Crippen molar-refractivity contribution in [1.29, 1.82) is 0 Å². The summed E-state index contributed by atoms with van der Waals surface area (Å²) < 4.78 is 33.8. The number of carbonyl (C=O) groups is 1. The Bertz CT molecular complexity index is 379. The molecule has 0 fully saturated rings. The summed E-state index contributed by atoms with van der Waals surface area (Å²) >= 11 is 0. The fraction of sp³-hybridized carbons (Fsp3) is 0.300. The number of Topliss-reactive ketones (excluding diaryl/α,β-unsaturated/α-hetero) is 1. The Labute approximate surface area is 90.4 Å². The lowest BCUT2D eigenvalue weighted by Gasteiger charge is -2.10. The molecule has 0 saturated heterocycles. The number of ketones is 1. The second-order valence-electron chi connectivity index (χ2n) is 2.89. The van der Waals surface area contributed by atoms with E-state index in [1.54, 1.807) is 0 Å². The van der Waals surface area contributed by atoms with Crippen LogP contribution in [0.2, 0.25) is 0 Å². The van der Waals surface area contributed by atoms with E-state index < -0.39 is 12.2 Å². The van der Waals surface area contributed by atoms with Crippen LogP contribution in [-0.4, -0.2) is 31.5 Å². The quantitative estimate of drug-likeness (QED) is 0.805. The SMILES string of the molecule is COc1cc(C(=O)C(F)F)cc(OC)c1O. The van der Waals surface area contributed by atoms with Crippen LogP contribution in [0.4, 0.5) is 8.78 Å². The van der Waals surface area contributed by atoms with Gasteiger partial charge in [-0.25, -0.2) is 8.78 Å². The van der Waals surface area contributed by atoms with Gasteiger partial charge in [0.15, 0.2) is 11.5 Å². The molecule has 0 aromatic heterocycles. The Morgan fingerprint density at radius 3 is 2.00 bits per heavy atom. The molecule has 4 nitrogen and oxygen atoms in total. The number of alkyl halides is 2. The molecule has 0 aliphatic heterocycles. The summed E-state index contributed by atoms with van der Waals surface area (Å²) in [7, 11) is 2.48. The molecule has 0 atom stereocenters. The number of aromatic hydroxyl groups is 1. The standard InChI is InChI=1S/C10H10F2O4/c1-15-6-3-5(8(13)10(11)12)4-7(16-2)9(6)14/h3-4,10,14H,1-2H3. The van der Waals surface area contributed by atoms with Crippen LogP contribution in [0.15, 0.2) is 12.1 Å². The molecule has 1 rings (SSSR count). The Kier molecular flexibility index (Phi) is 3.65. The Hall–Kier alpha value is -1.85. The zero-order valence-electron chi connectivity index (χ0n) is 8.66. The largest absolute Gasteiger partial charge is 0.502 e. The molecule has 0 bridgehead atoms. The molecule has 88 valence electrons. The fourth-order valence-electron chi connectivity index (χ4n) is 1.16. The van der Waals surface area contributed by atoms with Gasteiger partial charge in [-0.2, -0.15) is 0 Å². The second kappa shape index (κ2) is 4.78. The third-order valence-corrected chi connectivity index (χ3v) is 1.96. The number of hydrogen-bond donors (Lipinski definition) is 1. The van der Waals surface area contributed by atoms with Crippen LogP contribution >= 0.6 is 0 Å². The summed E-state index contributed by atoms with van der Waals surface area (Å²) in [6.07, 6.45) is -3.11. The first-order valence-corrected chi connectivity index (χ1v) is 4.28. The van der Waals surface area contributed by atoms with Crippen molar-refractivity contribution in [3.63, 3.8) is 0 Å². The van der Waals surface area contributed by atoms with Gasteiger partial charge in [0.2, 0.25) is 11.5 Å². The fourth-order valence-corrected chi connectivity index (χ4v) is 1.16. The number of halogens is 2. The van der Waals surface area contributed by atoms with E-state index >= 15 is 0 Å². The normalized spacial score (nSPS) is 10.3. The smallest absolute Gasteiger partial charge is 0.300 e. The first kappa shape index (κ1) is 12.2. The lowest BCUT2D eigenvalue weighted by molar-refractivity contribution is 0.0678. The lowest BCUT2D eigenvalue weighted by Crippen LogP contribution is -2.10. The lowest BCUT2D eigenvalue weighted by atomic mass is 10.1. The molecule has 0 aliphatic carbocycles. The molecule has 0 spiro atoms. The highest BCUT2D eigenvalue weighted by molar-refractivity contribution is 5.99. The summed E-state index contributed by atoms with van der Waals surface area (Å²) in [4.78, 5) is 11.0. The van der Waals surface area contributed by atoms with Gasteiger partial charge >= 0.3 is 6.43 Å². The number of benzene rings is 1. The molecule has 0 radical (unpaired) electrons. The van der Waals surface area contributed by atoms with Crippen molar-refractivity contribution >= 4 is 5.78 Å². The van der Waals surface area contributed by atoms with Gasteiger partial charge in [-0.15, -0.1) is 0 Å². The van der Waals surface area contributed by atoms with Crippen LogP contribution in [0.1, 0.15) is 10.4 Å². The molecule has 1 aromatic carbocycles. The van der Waals surface area contributed by atoms with Gasteiger partial charge in [-0.3, -0.25) is 4.79 Å². The molecule has 0 amide bonds. The summed E-state index contributed by atoms with van der Waals surface area (Å²) in [6, 6.07) is 2.07. The average Bonchev–Trinajstić information content (AvgIpc) is 2.28. The minimum absolute atomic E-state index is 0.0941. The van der Waals surface area contributed by atoms with Crippen molar-refractivity contribution in [3.8, 4) is 17.2 Å². The maximum absolute atomic E-state index is 12.2. The zero-order chi connectivity index (χ0) is 12.3. The summed E-state index contributed by atoms with van der Waals surface area (Å²) in [5.74, 6) is -1.88. The molecule has 16 heavy (non-hydrogen) atoms. The average molecular weight is 232 g/mol. The second-order valence-corrected chi connectivity index (χ2v) is 2.89.